The summed E-state index contributed by atoms with van der Waals surface area (Å²) in [5.74, 6) is 1.73. The van der Waals surface area contributed by atoms with Crippen molar-refractivity contribution in [1.82, 2.24) is 4.57 Å². The van der Waals surface area contributed by atoms with Gasteiger partial charge in [0.15, 0.2) is 10.6 Å². The van der Waals surface area contributed by atoms with Crippen LogP contribution in [0.2, 0.25) is 0 Å². The minimum atomic E-state index is 0.294. The van der Waals surface area contributed by atoms with E-state index in [0.717, 1.165) is 27.7 Å². The van der Waals surface area contributed by atoms with Gasteiger partial charge in [0.1, 0.15) is 5.75 Å². The van der Waals surface area contributed by atoms with Gasteiger partial charge in [-0.3, -0.25) is 0 Å². The molecule has 1 aromatic carbocycles. The Bertz CT molecular complexity index is 812. The number of benzene rings is 1. The average molecular weight is 328 g/mol. The summed E-state index contributed by atoms with van der Waals surface area (Å²) in [5, 5.41) is 2.09. The van der Waals surface area contributed by atoms with Gasteiger partial charge in [-0.25, -0.2) is 4.99 Å². The van der Waals surface area contributed by atoms with Crippen molar-refractivity contribution in [3.63, 3.8) is 0 Å². The summed E-state index contributed by atoms with van der Waals surface area (Å²) >= 11 is 1.62. The van der Waals surface area contributed by atoms with Gasteiger partial charge < -0.3 is 13.7 Å². The molecule has 2 aromatic heterocycles. The summed E-state index contributed by atoms with van der Waals surface area (Å²) < 4.78 is 13.2. The number of nitrogens with zero attached hydrogens (tertiary/aromatic N) is 2. The number of ether oxygens (including phenoxy) is 1. The standard InChI is InChI=1S/C18H20N2O2S/c1-4-21-15-9-7-14(8-10-15)19-18-20(13(2)3)16(12-23-18)17-6-5-11-22-17/h5-13H,4H2,1-3H3. The zero-order valence-corrected chi connectivity index (χ0v) is 14.3. The Kier molecular flexibility index (Phi) is 4.67. The molecule has 0 aliphatic heterocycles. The maximum absolute atomic E-state index is 5.54. The summed E-state index contributed by atoms with van der Waals surface area (Å²) in [5.41, 5.74) is 1.97. The first-order valence-electron chi connectivity index (χ1n) is 7.70. The summed E-state index contributed by atoms with van der Waals surface area (Å²) in [4.78, 5) is 5.73. The van der Waals surface area contributed by atoms with E-state index in [4.69, 9.17) is 14.1 Å². The highest BCUT2D eigenvalue weighted by Gasteiger charge is 2.12. The Labute approximate surface area is 139 Å². The molecule has 0 aliphatic rings. The molecule has 0 aliphatic carbocycles. The molecule has 23 heavy (non-hydrogen) atoms. The van der Waals surface area contributed by atoms with Crippen LogP contribution in [0.15, 0.2) is 57.5 Å². The van der Waals surface area contributed by atoms with Crippen LogP contribution in [0.3, 0.4) is 0 Å². The smallest absolute Gasteiger partial charge is 0.190 e. The van der Waals surface area contributed by atoms with Crippen LogP contribution in [0, 0.1) is 0 Å². The van der Waals surface area contributed by atoms with Gasteiger partial charge in [0.2, 0.25) is 0 Å². The first-order chi connectivity index (χ1) is 11.2. The van der Waals surface area contributed by atoms with Crippen LogP contribution in [0.25, 0.3) is 11.5 Å². The van der Waals surface area contributed by atoms with Gasteiger partial charge in [0, 0.05) is 11.4 Å². The molecule has 0 unspecified atom stereocenters. The van der Waals surface area contributed by atoms with Crippen molar-refractivity contribution in [2.24, 2.45) is 4.99 Å². The van der Waals surface area contributed by atoms with E-state index in [2.05, 4.69) is 23.8 Å². The van der Waals surface area contributed by atoms with E-state index in [1.165, 1.54) is 0 Å². The zero-order chi connectivity index (χ0) is 16.2. The van der Waals surface area contributed by atoms with Crippen molar-refractivity contribution < 1.29 is 9.15 Å². The Morgan fingerprint density at radius 1 is 1.22 bits per heavy atom. The third-order valence-corrected chi connectivity index (χ3v) is 4.24. The lowest BCUT2D eigenvalue weighted by Gasteiger charge is -2.11. The molecule has 0 saturated heterocycles. The van der Waals surface area contributed by atoms with Crippen molar-refractivity contribution in [3.05, 3.63) is 52.8 Å². The number of furan rings is 1. The quantitative estimate of drug-likeness (QED) is 0.659. The third-order valence-electron chi connectivity index (χ3n) is 3.40. The third kappa shape index (κ3) is 3.40. The van der Waals surface area contributed by atoms with Crippen LogP contribution in [-0.2, 0) is 0 Å². The highest BCUT2D eigenvalue weighted by molar-refractivity contribution is 7.07. The minimum Gasteiger partial charge on any atom is -0.494 e. The molecule has 0 bridgehead atoms. The first-order valence-corrected chi connectivity index (χ1v) is 8.58. The van der Waals surface area contributed by atoms with E-state index < -0.39 is 0 Å². The molecule has 2 heterocycles. The monoisotopic (exact) mass is 328 g/mol. The van der Waals surface area contributed by atoms with E-state index in [0.29, 0.717) is 12.6 Å². The molecule has 3 rings (SSSR count). The SMILES string of the molecule is CCOc1ccc(N=c2scc(-c3ccco3)n2C(C)C)cc1. The Morgan fingerprint density at radius 3 is 2.61 bits per heavy atom. The van der Waals surface area contributed by atoms with E-state index in [-0.39, 0.29) is 0 Å². The molecule has 0 amide bonds. The molecular weight excluding hydrogens is 308 g/mol. The fraction of sp³-hybridized carbons (Fsp3) is 0.278. The highest BCUT2D eigenvalue weighted by Crippen LogP contribution is 2.24. The summed E-state index contributed by atoms with van der Waals surface area (Å²) in [6, 6.07) is 12.0. The minimum absolute atomic E-state index is 0.294. The molecule has 0 atom stereocenters. The van der Waals surface area contributed by atoms with Crippen LogP contribution in [0.4, 0.5) is 5.69 Å². The van der Waals surface area contributed by atoms with Gasteiger partial charge in [0.25, 0.3) is 0 Å². The van der Waals surface area contributed by atoms with E-state index in [1.54, 1.807) is 17.6 Å². The van der Waals surface area contributed by atoms with Crippen LogP contribution >= 0.6 is 11.3 Å². The predicted molar refractivity (Wildman–Crippen MR) is 93.2 cm³/mol. The summed E-state index contributed by atoms with van der Waals surface area (Å²) in [6.45, 7) is 6.94. The largest absolute Gasteiger partial charge is 0.494 e. The molecule has 5 heteroatoms. The van der Waals surface area contributed by atoms with Crippen LogP contribution in [0.1, 0.15) is 26.8 Å². The number of aromatic nitrogens is 1. The summed E-state index contributed by atoms with van der Waals surface area (Å²) in [6.07, 6.45) is 1.70. The lowest BCUT2D eigenvalue weighted by atomic mass is 10.3. The summed E-state index contributed by atoms with van der Waals surface area (Å²) in [7, 11) is 0. The second-order valence-electron chi connectivity index (χ2n) is 5.38. The lowest BCUT2D eigenvalue weighted by Crippen LogP contribution is -2.17. The number of rotatable bonds is 5. The topological polar surface area (TPSA) is 39.7 Å². The molecule has 4 nitrogen and oxygen atoms in total. The van der Waals surface area contributed by atoms with Crippen molar-refractivity contribution in [2.75, 3.05) is 6.61 Å². The molecule has 3 aromatic rings. The zero-order valence-electron chi connectivity index (χ0n) is 13.5. The molecule has 0 N–H and O–H groups in total. The Hall–Kier alpha value is -2.27. The average Bonchev–Trinajstić information content (AvgIpc) is 3.18. The Morgan fingerprint density at radius 2 is 2.00 bits per heavy atom. The first kappa shape index (κ1) is 15.6. The maximum Gasteiger partial charge on any atom is 0.190 e. The molecular formula is C18H20N2O2S. The molecule has 0 saturated carbocycles. The number of hydrogen-bond acceptors (Lipinski definition) is 4. The van der Waals surface area contributed by atoms with E-state index in [9.17, 15) is 0 Å². The fourth-order valence-corrected chi connectivity index (χ4v) is 3.43. The van der Waals surface area contributed by atoms with Crippen molar-refractivity contribution in [1.29, 1.82) is 0 Å². The van der Waals surface area contributed by atoms with Gasteiger partial charge in [-0.1, -0.05) is 0 Å². The maximum atomic E-state index is 5.54. The fourth-order valence-electron chi connectivity index (χ4n) is 2.40. The van der Waals surface area contributed by atoms with Gasteiger partial charge in [0.05, 0.1) is 24.3 Å². The van der Waals surface area contributed by atoms with Crippen LogP contribution in [-0.4, -0.2) is 11.2 Å². The normalized spacial score (nSPS) is 12.1. The van der Waals surface area contributed by atoms with Gasteiger partial charge in [-0.15, -0.1) is 11.3 Å². The van der Waals surface area contributed by atoms with E-state index in [1.807, 2.05) is 43.3 Å². The Balaban J connectivity index is 2.02. The molecule has 0 fully saturated rings. The van der Waals surface area contributed by atoms with Crippen molar-refractivity contribution in [2.45, 2.75) is 26.8 Å². The van der Waals surface area contributed by atoms with Gasteiger partial charge in [-0.2, -0.15) is 0 Å². The molecule has 120 valence electrons. The van der Waals surface area contributed by atoms with Gasteiger partial charge >= 0.3 is 0 Å². The van der Waals surface area contributed by atoms with Crippen LogP contribution < -0.4 is 9.54 Å². The second-order valence-corrected chi connectivity index (χ2v) is 6.22. The number of hydrogen-bond donors (Lipinski definition) is 0. The van der Waals surface area contributed by atoms with Crippen molar-refractivity contribution in [3.8, 4) is 17.2 Å². The highest BCUT2D eigenvalue weighted by atomic mass is 32.1. The van der Waals surface area contributed by atoms with E-state index >= 15 is 0 Å². The number of thiazole rings is 1. The van der Waals surface area contributed by atoms with Crippen molar-refractivity contribution >= 4 is 17.0 Å². The van der Waals surface area contributed by atoms with Crippen LogP contribution in [0.5, 0.6) is 5.75 Å². The second kappa shape index (κ2) is 6.87. The lowest BCUT2D eigenvalue weighted by molar-refractivity contribution is 0.340. The van der Waals surface area contributed by atoms with Gasteiger partial charge in [-0.05, 0) is 57.2 Å². The molecule has 0 spiro atoms. The predicted octanol–water partition coefficient (Wildman–Crippen LogP) is 5.02. The molecule has 0 radical (unpaired) electrons.